The number of carbonyl (C=O) groups is 2. The van der Waals surface area contributed by atoms with Crippen LogP contribution in [0.4, 0.5) is 0 Å². The molecule has 0 radical (unpaired) electrons. The Morgan fingerprint density at radius 2 is 2.04 bits per heavy atom. The van der Waals surface area contributed by atoms with E-state index in [4.69, 9.17) is 0 Å². The summed E-state index contributed by atoms with van der Waals surface area (Å²) in [6.07, 6.45) is 5.15. The molecule has 0 spiro atoms. The van der Waals surface area contributed by atoms with Crippen LogP contribution in [0.15, 0.2) is 5.38 Å². The molecule has 2 aliphatic rings. The zero-order valence-electron chi connectivity index (χ0n) is 14.6. The lowest BCUT2D eigenvalue weighted by atomic mass is 9.88. The topological polar surface area (TPSA) is 61.4 Å². The average Bonchev–Trinajstić information content (AvgIpc) is 2.99. The molecule has 5 nitrogen and oxygen atoms in total. The van der Waals surface area contributed by atoms with Gasteiger partial charge < -0.3 is 10.6 Å². The lowest BCUT2D eigenvalue weighted by Gasteiger charge is -2.31. The van der Waals surface area contributed by atoms with Crippen molar-refractivity contribution in [2.45, 2.75) is 45.1 Å². The number of nitrogens with zero attached hydrogens (tertiary/aromatic N) is 1. The van der Waals surface area contributed by atoms with E-state index in [1.165, 1.54) is 16.9 Å². The maximum atomic E-state index is 12.7. The summed E-state index contributed by atoms with van der Waals surface area (Å²) in [6.45, 7) is 4.46. The molecule has 132 valence electrons. The predicted molar refractivity (Wildman–Crippen MR) is 96.5 cm³/mol. The normalized spacial score (nSPS) is 22.0. The fourth-order valence-corrected chi connectivity index (χ4v) is 4.89. The highest BCUT2D eigenvalue weighted by atomic mass is 32.1. The summed E-state index contributed by atoms with van der Waals surface area (Å²) >= 11 is 1.74. The SMILES string of the molecule is CNC(=O)CN1CCC(NC(=O)c2csc3c2CCC(C)C3)CC1. The molecular weight excluding hydrogens is 322 g/mol. The van der Waals surface area contributed by atoms with Gasteiger partial charge in [-0.15, -0.1) is 11.3 Å². The molecular formula is C18H27N3O2S. The van der Waals surface area contributed by atoms with Crippen LogP contribution in [0, 0.1) is 5.92 Å². The number of piperidine rings is 1. The van der Waals surface area contributed by atoms with Crippen molar-refractivity contribution >= 4 is 23.2 Å². The number of hydrogen-bond donors (Lipinski definition) is 2. The Morgan fingerprint density at radius 1 is 1.29 bits per heavy atom. The lowest BCUT2D eigenvalue weighted by Crippen LogP contribution is -2.47. The van der Waals surface area contributed by atoms with Crippen LogP contribution in [0.1, 0.15) is 47.0 Å². The second-order valence-corrected chi connectivity index (χ2v) is 8.06. The zero-order chi connectivity index (χ0) is 17.1. The monoisotopic (exact) mass is 349 g/mol. The number of amides is 2. The van der Waals surface area contributed by atoms with Crippen LogP contribution in [-0.2, 0) is 17.6 Å². The fraction of sp³-hybridized carbons (Fsp3) is 0.667. The number of fused-ring (bicyclic) bond motifs is 1. The second kappa shape index (κ2) is 7.66. The summed E-state index contributed by atoms with van der Waals surface area (Å²) in [5.41, 5.74) is 2.18. The number of likely N-dealkylation sites (N-methyl/N-ethyl adjacent to an activating group) is 1. The van der Waals surface area contributed by atoms with Crippen molar-refractivity contribution in [2.24, 2.45) is 5.92 Å². The van der Waals surface area contributed by atoms with Gasteiger partial charge in [0.2, 0.25) is 5.91 Å². The summed E-state index contributed by atoms with van der Waals surface area (Å²) in [4.78, 5) is 27.6. The third-order valence-corrected chi connectivity index (χ3v) is 6.27. The number of hydrogen-bond acceptors (Lipinski definition) is 4. The van der Waals surface area contributed by atoms with E-state index in [1.54, 1.807) is 18.4 Å². The van der Waals surface area contributed by atoms with Gasteiger partial charge >= 0.3 is 0 Å². The maximum Gasteiger partial charge on any atom is 0.252 e. The Hall–Kier alpha value is -1.40. The molecule has 1 fully saturated rings. The van der Waals surface area contributed by atoms with Gasteiger partial charge in [0.1, 0.15) is 0 Å². The predicted octanol–water partition coefficient (Wildman–Crippen LogP) is 1.81. The molecule has 6 heteroatoms. The minimum Gasteiger partial charge on any atom is -0.358 e. The molecule has 1 saturated heterocycles. The molecule has 2 N–H and O–H groups in total. The third kappa shape index (κ3) is 3.98. The van der Waals surface area contributed by atoms with Gasteiger partial charge in [0, 0.05) is 36.4 Å². The lowest BCUT2D eigenvalue weighted by molar-refractivity contribution is -0.122. The van der Waals surface area contributed by atoms with E-state index in [1.807, 2.05) is 5.38 Å². The van der Waals surface area contributed by atoms with Crippen molar-refractivity contribution in [1.82, 2.24) is 15.5 Å². The van der Waals surface area contributed by atoms with Gasteiger partial charge in [-0.3, -0.25) is 14.5 Å². The highest BCUT2D eigenvalue weighted by Crippen LogP contribution is 2.32. The summed E-state index contributed by atoms with van der Waals surface area (Å²) < 4.78 is 0. The summed E-state index contributed by atoms with van der Waals surface area (Å²) in [5, 5.41) is 7.91. The Morgan fingerprint density at radius 3 is 2.75 bits per heavy atom. The molecule has 1 unspecified atom stereocenters. The first-order valence-corrected chi connectivity index (χ1v) is 9.77. The van der Waals surface area contributed by atoms with Crippen LogP contribution < -0.4 is 10.6 Å². The van der Waals surface area contributed by atoms with E-state index in [0.29, 0.717) is 6.54 Å². The van der Waals surface area contributed by atoms with Crippen molar-refractivity contribution in [1.29, 1.82) is 0 Å². The van der Waals surface area contributed by atoms with E-state index in [9.17, 15) is 9.59 Å². The first kappa shape index (κ1) is 17.4. The van der Waals surface area contributed by atoms with Gasteiger partial charge in [-0.1, -0.05) is 6.92 Å². The molecule has 2 amide bonds. The molecule has 1 aromatic rings. The third-order valence-electron chi connectivity index (χ3n) is 5.22. The quantitative estimate of drug-likeness (QED) is 0.872. The van der Waals surface area contributed by atoms with Crippen molar-refractivity contribution in [3.8, 4) is 0 Å². The summed E-state index contributed by atoms with van der Waals surface area (Å²) in [7, 11) is 1.66. The first-order valence-electron chi connectivity index (χ1n) is 8.90. The highest BCUT2D eigenvalue weighted by molar-refractivity contribution is 7.10. The van der Waals surface area contributed by atoms with Crippen LogP contribution in [-0.4, -0.2) is 49.4 Å². The largest absolute Gasteiger partial charge is 0.358 e. The molecule has 0 saturated carbocycles. The van der Waals surface area contributed by atoms with E-state index in [0.717, 1.165) is 50.3 Å². The Kier molecular flexibility index (Phi) is 5.56. The molecule has 3 rings (SSSR count). The average molecular weight is 350 g/mol. The standard InChI is InChI=1S/C18H27N3O2S/c1-12-3-4-14-15(11-24-16(14)9-12)18(23)20-13-5-7-21(8-6-13)10-17(22)19-2/h11-13H,3-10H2,1-2H3,(H,19,22)(H,20,23). The summed E-state index contributed by atoms with van der Waals surface area (Å²) in [6, 6.07) is 0.219. The van der Waals surface area contributed by atoms with Crippen LogP contribution in [0.5, 0.6) is 0 Å². The molecule has 24 heavy (non-hydrogen) atoms. The molecule has 1 aliphatic carbocycles. The number of likely N-dealkylation sites (tertiary alicyclic amines) is 1. The minimum absolute atomic E-state index is 0.0524. The molecule has 1 atom stereocenters. The Labute approximate surface area is 147 Å². The van der Waals surface area contributed by atoms with Crippen LogP contribution in [0.3, 0.4) is 0 Å². The van der Waals surface area contributed by atoms with Crippen LogP contribution in [0.2, 0.25) is 0 Å². The van der Waals surface area contributed by atoms with E-state index in [-0.39, 0.29) is 17.9 Å². The Balaban J connectivity index is 1.53. The molecule has 0 bridgehead atoms. The fourth-order valence-electron chi connectivity index (χ4n) is 3.65. The Bertz CT molecular complexity index is 605. The smallest absolute Gasteiger partial charge is 0.252 e. The summed E-state index contributed by atoms with van der Waals surface area (Å²) in [5.74, 6) is 0.875. The zero-order valence-corrected chi connectivity index (χ0v) is 15.4. The van der Waals surface area contributed by atoms with E-state index < -0.39 is 0 Å². The first-order chi connectivity index (χ1) is 11.6. The highest BCUT2D eigenvalue weighted by Gasteiger charge is 2.26. The van der Waals surface area contributed by atoms with Crippen molar-refractivity contribution in [3.05, 3.63) is 21.4 Å². The second-order valence-electron chi connectivity index (χ2n) is 7.10. The van der Waals surface area contributed by atoms with Crippen LogP contribution >= 0.6 is 11.3 Å². The van der Waals surface area contributed by atoms with Crippen molar-refractivity contribution in [3.63, 3.8) is 0 Å². The number of carbonyl (C=O) groups excluding carboxylic acids is 2. The number of rotatable bonds is 4. The van der Waals surface area contributed by atoms with E-state index >= 15 is 0 Å². The van der Waals surface area contributed by atoms with Gasteiger partial charge in [0.25, 0.3) is 5.91 Å². The number of nitrogens with one attached hydrogen (secondary N) is 2. The van der Waals surface area contributed by atoms with Crippen molar-refractivity contribution < 1.29 is 9.59 Å². The van der Waals surface area contributed by atoms with Gasteiger partial charge in [0.15, 0.2) is 0 Å². The maximum absolute atomic E-state index is 12.7. The molecule has 1 aliphatic heterocycles. The molecule has 2 heterocycles. The van der Waals surface area contributed by atoms with Gasteiger partial charge in [-0.05, 0) is 43.6 Å². The van der Waals surface area contributed by atoms with Crippen LogP contribution in [0.25, 0.3) is 0 Å². The molecule has 1 aromatic heterocycles. The van der Waals surface area contributed by atoms with Gasteiger partial charge in [0.05, 0.1) is 12.1 Å². The number of thiophene rings is 1. The van der Waals surface area contributed by atoms with E-state index in [2.05, 4.69) is 22.5 Å². The van der Waals surface area contributed by atoms with Gasteiger partial charge in [-0.25, -0.2) is 0 Å². The van der Waals surface area contributed by atoms with Gasteiger partial charge in [-0.2, -0.15) is 0 Å². The van der Waals surface area contributed by atoms with Crippen molar-refractivity contribution in [2.75, 3.05) is 26.7 Å². The molecule has 0 aromatic carbocycles. The minimum atomic E-state index is 0.0524.